The fourth-order valence-corrected chi connectivity index (χ4v) is 2.90. The summed E-state index contributed by atoms with van der Waals surface area (Å²) in [5, 5.41) is 0.626. The van der Waals surface area contributed by atoms with E-state index in [1.54, 1.807) is 12.1 Å². The number of carbonyl (C=O) groups excluding carboxylic acids is 1. The Kier molecular flexibility index (Phi) is 4.41. The highest BCUT2D eigenvalue weighted by atomic mass is 35.5. The van der Waals surface area contributed by atoms with Crippen molar-refractivity contribution in [2.24, 2.45) is 0 Å². The normalized spacial score (nSPS) is 25.1. The minimum absolute atomic E-state index is 0.165. The van der Waals surface area contributed by atoms with Gasteiger partial charge in [0.05, 0.1) is 6.54 Å². The van der Waals surface area contributed by atoms with Crippen LogP contribution in [0.15, 0.2) is 24.3 Å². The van der Waals surface area contributed by atoms with Crippen LogP contribution >= 0.6 is 11.6 Å². The fraction of sp³-hybridized carbons (Fsp3) is 0.533. The molecule has 2 nitrogen and oxygen atoms in total. The second kappa shape index (κ2) is 5.85. The third-order valence-electron chi connectivity index (χ3n) is 3.85. The van der Waals surface area contributed by atoms with Gasteiger partial charge in [0.2, 0.25) is 0 Å². The molecule has 0 bridgehead atoms. The summed E-state index contributed by atoms with van der Waals surface area (Å²) in [7, 11) is 0. The lowest BCUT2D eigenvalue weighted by molar-refractivity contribution is 0.0734. The van der Waals surface area contributed by atoms with Crippen LogP contribution in [-0.2, 0) is 0 Å². The maximum absolute atomic E-state index is 12.3. The highest BCUT2D eigenvalue weighted by Gasteiger charge is 2.26. The van der Waals surface area contributed by atoms with Crippen LogP contribution in [-0.4, -0.2) is 29.3 Å². The molecule has 1 aromatic carbocycles. The number of ketones is 1. The van der Waals surface area contributed by atoms with E-state index in [4.69, 9.17) is 11.6 Å². The average Bonchev–Trinajstić information content (AvgIpc) is 2.34. The topological polar surface area (TPSA) is 20.3 Å². The van der Waals surface area contributed by atoms with Crippen molar-refractivity contribution in [3.63, 3.8) is 0 Å². The molecule has 0 saturated carbocycles. The number of nitrogens with zero attached hydrogens (tertiary/aromatic N) is 1. The van der Waals surface area contributed by atoms with E-state index in [2.05, 4.69) is 18.7 Å². The highest BCUT2D eigenvalue weighted by Crippen LogP contribution is 2.23. The molecule has 0 aliphatic carbocycles. The Bertz CT molecular complexity index is 422. The van der Waals surface area contributed by atoms with Gasteiger partial charge in [-0.3, -0.25) is 9.69 Å². The van der Waals surface area contributed by atoms with E-state index in [1.165, 1.54) is 19.3 Å². The van der Waals surface area contributed by atoms with Crippen LogP contribution in [0.5, 0.6) is 0 Å². The Morgan fingerprint density at radius 2 is 2.00 bits per heavy atom. The van der Waals surface area contributed by atoms with Gasteiger partial charge in [-0.15, -0.1) is 0 Å². The first-order valence-corrected chi connectivity index (χ1v) is 7.00. The van der Waals surface area contributed by atoms with Crippen molar-refractivity contribution in [1.29, 1.82) is 0 Å². The Morgan fingerprint density at radius 3 is 2.61 bits per heavy atom. The predicted molar refractivity (Wildman–Crippen MR) is 75.3 cm³/mol. The van der Waals surface area contributed by atoms with Gasteiger partial charge in [0.25, 0.3) is 0 Å². The SMILES string of the molecule is CC1CCCC(C)N1CC(=O)c1cccc(Cl)c1. The summed E-state index contributed by atoms with van der Waals surface area (Å²) in [5.74, 6) is 0.165. The smallest absolute Gasteiger partial charge is 0.176 e. The largest absolute Gasteiger partial charge is 0.293 e. The fourth-order valence-electron chi connectivity index (χ4n) is 2.71. The van der Waals surface area contributed by atoms with E-state index < -0.39 is 0 Å². The summed E-state index contributed by atoms with van der Waals surface area (Å²) >= 11 is 5.92. The number of hydrogen-bond acceptors (Lipinski definition) is 2. The number of Topliss-reactive ketones (excluding diaryl/α,β-unsaturated/α-hetero) is 1. The molecular weight excluding hydrogens is 246 g/mol. The summed E-state index contributed by atoms with van der Waals surface area (Å²) in [6, 6.07) is 8.22. The molecule has 0 N–H and O–H groups in total. The van der Waals surface area contributed by atoms with Crippen LogP contribution < -0.4 is 0 Å². The minimum Gasteiger partial charge on any atom is -0.293 e. The molecule has 0 spiro atoms. The van der Waals surface area contributed by atoms with Crippen LogP contribution in [0, 0.1) is 0 Å². The summed E-state index contributed by atoms with van der Waals surface area (Å²) in [4.78, 5) is 14.6. The third kappa shape index (κ3) is 3.12. The van der Waals surface area contributed by atoms with Gasteiger partial charge in [-0.05, 0) is 38.8 Å². The summed E-state index contributed by atoms with van der Waals surface area (Å²) < 4.78 is 0. The second-order valence-electron chi connectivity index (χ2n) is 5.23. The Labute approximate surface area is 114 Å². The standard InChI is InChI=1S/C15H20ClNO/c1-11-5-3-6-12(2)17(11)10-15(18)13-7-4-8-14(16)9-13/h4,7-9,11-12H,3,5-6,10H2,1-2H3. The van der Waals surface area contributed by atoms with Gasteiger partial charge in [-0.25, -0.2) is 0 Å². The quantitative estimate of drug-likeness (QED) is 0.775. The lowest BCUT2D eigenvalue weighted by Gasteiger charge is -2.38. The minimum atomic E-state index is 0.165. The number of likely N-dealkylation sites (tertiary alicyclic amines) is 1. The highest BCUT2D eigenvalue weighted by molar-refractivity contribution is 6.31. The zero-order valence-corrected chi connectivity index (χ0v) is 11.8. The molecular formula is C15H20ClNO. The molecule has 1 saturated heterocycles. The maximum Gasteiger partial charge on any atom is 0.176 e. The zero-order chi connectivity index (χ0) is 13.1. The van der Waals surface area contributed by atoms with Crippen molar-refractivity contribution in [2.45, 2.75) is 45.2 Å². The van der Waals surface area contributed by atoms with E-state index in [0.29, 0.717) is 29.2 Å². The average molecular weight is 266 g/mol. The van der Waals surface area contributed by atoms with Crippen LogP contribution in [0.4, 0.5) is 0 Å². The lowest BCUT2D eigenvalue weighted by atomic mass is 9.96. The number of hydrogen-bond donors (Lipinski definition) is 0. The molecule has 2 rings (SSSR count). The van der Waals surface area contributed by atoms with E-state index in [9.17, 15) is 4.79 Å². The monoisotopic (exact) mass is 265 g/mol. The van der Waals surface area contributed by atoms with Crippen LogP contribution in [0.3, 0.4) is 0 Å². The Morgan fingerprint density at radius 1 is 1.33 bits per heavy atom. The van der Waals surface area contributed by atoms with Crippen LogP contribution in [0.25, 0.3) is 0 Å². The van der Waals surface area contributed by atoms with Gasteiger partial charge >= 0.3 is 0 Å². The zero-order valence-electron chi connectivity index (χ0n) is 11.0. The Hall–Kier alpha value is -0.860. The van der Waals surface area contributed by atoms with Gasteiger partial charge in [0.15, 0.2) is 5.78 Å². The first-order valence-electron chi connectivity index (χ1n) is 6.62. The van der Waals surface area contributed by atoms with E-state index >= 15 is 0 Å². The molecule has 1 aliphatic rings. The summed E-state index contributed by atoms with van der Waals surface area (Å²) in [6.45, 7) is 4.92. The second-order valence-corrected chi connectivity index (χ2v) is 5.67. The molecule has 98 valence electrons. The van der Waals surface area contributed by atoms with E-state index in [1.807, 2.05) is 12.1 Å². The van der Waals surface area contributed by atoms with Crippen molar-refractivity contribution < 1.29 is 4.79 Å². The van der Waals surface area contributed by atoms with E-state index in [0.717, 1.165) is 0 Å². The first-order chi connectivity index (χ1) is 8.58. The Balaban J connectivity index is 2.06. The van der Waals surface area contributed by atoms with Gasteiger partial charge in [0.1, 0.15) is 0 Å². The number of benzene rings is 1. The van der Waals surface area contributed by atoms with E-state index in [-0.39, 0.29) is 5.78 Å². The summed E-state index contributed by atoms with van der Waals surface area (Å²) in [6.07, 6.45) is 3.64. The number of rotatable bonds is 3. The van der Waals surface area contributed by atoms with Gasteiger partial charge in [-0.2, -0.15) is 0 Å². The molecule has 1 heterocycles. The molecule has 3 heteroatoms. The number of carbonyl (C=O) groups is 1. The number of halogens is 1. The first kappa shape index (κ1) is 13.6. The van der Waals surface area contributed by atoms with Gasteiger partial charge in [0, 0.05) is 22.7 Å². The van der Waals surface area contributed by atoms with Crippen molar-refractivity contribution in [3.05, 3.63) is 34.9 Å². The predicted octanol–water partition coefficient (Wildman–Crippen LogP) is 3.79. The van der Waals surface area contributed by atoms with Crippen molar-refractivity contribution in [3.8, 4) is 0 Å². The third-order valence-corrected chi connectivity index (χ3v) is 4.08. The summed E-state index contributed by atoms with van der Waals surface area (Å²) in [5.41, 5.74) is 0.715. The molecule has 1 aliphatic heterocycles. The van der Waals surface area contributed by atoms with Crippen LogP contribution in [0.2, 0.25) is 5.02 Å². The van der Waals surface area contributed by atoms with Gasteiger partial charge < -0.3 is 0 Å². The molecule has 1 fully saturated rings. The van der Waals surface area contributed by atoms with Gasteiger partial charge in [-0.1, -0.05) is 30.2 Å². The molecule has 18 heavy (non-hydrogen) atoms. The number of piperidine rings is 1. The molecule has 0 aromatic heterocycles. The maximum atomic E-state index is 12.3. The molecule has 1 aromatic rings. The molecule has 0 radical (unpaired) electrons. The molecule has 2 unspecified atom stereocenters. The van der Waals surface area contributed by atoms with Crippen LogP contribution in [0.1, 0.15) is 43.5 Å². The van der Waals surface area contributed by atoms with Crippen molar-refractivity contribution >= 4 is 17.4 Å². The molecule has 0 amide bonds. The molecule has 2 atom stereocenters. The van der Waals surface area contributed by atoms with Crippen molar-refractivity contribution in [2.75, 3.05) is 6.54 Å². The lowest BCUT2D eigenvalue weighted by Crippen LogP contribution is -2.46. The van der Waals surface area contributed by atoms with Crippen molar-refractivity contribution in [1.82, 2.24) is 4.90 Å².